The van der Waals surface area contributed by atoms with Gasteiger partial charge in [-0.25, -0.2) is 0 Å². The van der Waals surface area contributed by atoms with Crippen LogP contribution in [-0.4, -0.2) is 20.0 Å². The number of ether oxygens (including phenoxy) is 1. The van der Waals surface area contributed by atoms with E-state index in [1.54, 1.807) is 7.11 Å². The van der Waals surface area contributed by atoms with Crippen LogP contribution in [0.15, 0.2) is 0 Å². The molecule has 0 atom stereocenters. The van der Waals surface area contributed by atoms with Crippen LogP contribution in [0, 0.1) is 10.8 Å². The SMILES string of the molecule is COCCCC1(C=O)CC(C)(C)C1. The van der Waals surface area contributed by atoms with Crippen molar-refractivity contribution in [3.63, 3.8) is 0 Å². The second kappa shape index (κ2) is 3.79. The predicted octanol–water partition coefficient (Wildman–Crippen LogP) is 2.42. The molecular formula is C11H20O2. The van der Waals surface area contributed by atoms with Crippen molar-refractivity contribution in [2.75, 3.05) is 13.7 Å². The van der Waals surface area contributed by atoms with Crippen LogP contribution in [0.2, 0.25) is 0 Å². The monoisotopic (exact) mass is 184 g/mol. The first-order chi connectivity index (χ1) is 6.04. The van der Waals surface area contributed by atoms with Crippen molar-refractivity contribution < 1.29 is 9.53 Å². The van der Waals surface area contributed by atoms with Crippen molar-refractivity contribution >= 4 is 6.29 Å². The summed E-state index contributed by atoms with van der Waals surface area (Å²) < 4.78 is 4.99. The smallest absolute Gasteiger partial charge is 0.126 e. The Hall–Kier alpha value is -0.370. The van der Waals surface area contributed by atoms with E-state index in [9.17, 15) is 4.79 Å². The quantitative estimate of drug-likeness (QED) is 0.484. The number of methoxy groups -OCH3 is 1. The number of hydrogen-bond donors (Lipinski definition) is 0. The average Bonchev–Trinajstić information content (AvgIpc) is 2.01. The molecule has 0 N–H and O–H groups in total. The van der Waals surface area contributed by atoms with Crippen molar-refractivity contribution in [2.24, 2.45) is 10.8 Å². The molecule has 0 aromatic rings. The molecule has 0 spiro atoms. The topological polar surface area (TPSA) is 26.3 Å². The molecule has 0 amide bonds. The Kier molecular flexibility index (Phi) is 3.12. The van der Waals surface area contributed by atoms with Gasteiger partial charge in [0.2, 0.25) is 0 Å². The van der Waals surface area contributed by atoms with E-state index in [4.69, 9.17) is 4.74 Å². The van der Waals surface area contributed by atoms with Gasteiger partial charge in [0.05, 0.1) is 0 Å². The highest BCUT2D eigenvalue weighted by Gasteiger charge is 2.48. The van der Waals surface area contributed by atoms with Gasteiger partial charge in [0, 0.05) is 19.1 Å². The summed E-state index contributed by atoms with van der Waals surface area (Å²) in [4.78, 5) is 11.0. The van der Waals surface area contributed by atoms with Crippen LogP contribution in [0.3, 0.4) is 0 Å². The third-order valence-corrected chi connectivity index (χ3v) is 2.93. The fraction of sp³-hybridized carbons (Fsp3) is 0.909. The lowest BCUT2D eigenvalue weighted by atomic mass is 9.53. The van der Waals surface area contributed by atoms with E-state index in [2.05, 4.69) is 13.8 Å². The molecule has 13 heavy (non-hydrogen) atoms. The van der Waals surface area contributed by atoms with Gasteiger partial charge in [0.25, 0.3) is 0 Å². The molecule has 1 fully saturated rings. The van der Waals surface area contributed by atoms with Crippen LogP contribution in [0.5, 0.6) is 0 Å². The van der Waals surface area contributed by atoms with Gasteiger partial charge in [0.15, 0.2) is 0 Å². The lowest BCUT2D eigenvalue weighted by molar-refractivity contribution is -0.129. The lowest BCUT2D eigenvalue weighted by Gasteiger charge is -2.50. The second-order valence-corrected chi connectivity index (χ2v) is 5.09. The molecule has 0 bridgehead atoms. The Morgan fingerprint density at radius 2 is 2.00 bits per heavy atom. The normalized spacial score (nSPS) is 23.6. The maximum Gasteiger partial charge on any atom is 0.126 e. The molecule has 0 aromatic carbocycles. The van der Waals surface area contributed by atoms with Crippen LogP contribution in [0.1, 0.15) is 39.5 Å². The Morgan fingerprint density at radius 1 is 1.38 bits per heavy atom. The Labute approximate surface area is 80.7 Å². The standard InChI is InChI=1S/C11H20O2/c1-10(2)7-11(8-10,9-12)5-4-6-13-3/h9H,4-8H2,1-3H3. The zero-order valence-corrected chi connectivity index (χ0v) is 8.93. The highest BCUT2D eigenvalue weighted by molar-refractivity contribution is 5.61. The summed E-state index contributed by atoms with van der Waals surface area (Å²) in [5.74, 6) is 0. The molecule has 0 aliphatic heterocycles. The Balaban J connectivity index is 2.33. The van der Waals surface area contributed by atoms with E-state index in [1.807, 2.05) is 0 Å². The van der Waals surface area contributed by atoms with Gasteiger partial charge in [-0.1, -0.05) is 13.8 Å². The highest BCUT2D eigenvalue weighted by Crippen LogP contribution is 2.55. The average molecular weight is 184 g/mol. The van der Waals surface area contributed by atoms with Crippen LogP contribution >= 0.6 is 0 Å². The van der Waals surface area contributed by atoms with Crippen LogP contribution in [0.4, 0.5) is 0 Å². The number of hydrogen-bond acceptors (Lipinski definition) is 2. The molecule has 0 aromatic heterocycles. The van der Waals surface area contributed by atoms with E-state index in [0.29, 0.717) is 5.41 Å². The molecule has 0 heterocycles. The first kappa shape index (κ1) is 10.7. The minimum Gasteiger partial charge on any atom is -0.385 e. The summed E-state index contributed by atoms with van der Waals surface area (Å²) in [7, 11) is 1.71. The van der Waals surface area contributed by atoms with Gasteiger partial charge in [-0.3, -0.25) is 0 Å². The van der Waals surface area contributed by atoms with Crippen LogP contribution in [0.25, 0.3) is 0 Å². The zero-order chi connectivity index (χ0) is 9.95. The summed E-state index contributed by atoms with van der Waals surface area (Å²) in [6, 6.07) is 0. The van der Waals surface area contributed by atoms with Gasteiger partial charge >= 0.3 is 0 Å². The first-order valence-corrected chi connectivity index (χ1v) is 4.99. The number of rotatable bonds is 5. The summed E-state index contributed by atoms with van der Waals surface area (Å²) in [5, 5.41) is 0. The second-order valence-electron chi connectivity index (χ2n) is 5.09. The van der Waals surface area contributed by atoms with Gasteiger partial charge in [0.1, 0.15) is 6.29 Å². The van der Waals surface area contributed by atoms with Gasteiger partial charge in [-0.15, -0.1) is 0 Å². The molecule has 1 aliphatic rings. The summed E-state index contributed by atoms with van der Waals surface area (Å²) in [5.41, 5.74) is 0.371. The van der Waals surface area contributed by atoms with Crippen molar-refractivity contribution in [1.82, 2.24) is 0 Å². The maximum atomic E-state index is 11.0. The van der Waals surface area contributed by atoms with E-state index in [0.717, 1.165) is 38.6 Å². The van der Waals surface area contributed by atoms with Crippen LogP contribution < -0.4 is 0 Å². The Bertz CT molecular complexity index is 177. The third-order valence-electron chi connectivity index (χ3n) is 2.93. The van der Waals surface area contributed by atoms with Gasteiger partial charge in [-0.05, 0) is 31.1 Å². The first-order valence-electron chi connectivity index (χ1n) is 4.99. The maximum absolute atomic E-state index is 11.0. The fourth-order valence-electron chi connectivity index (χ4n) is 2.74. The third kappa shape index (κ3) is 2.53. The molecule has 1 aliphatic carbocycles. The molecule has 1 saturated carbocycles. The summed E-state index contributed by atoms with van der Waals surface area (Å²) in [6.07, 6.45) is 5.26. The molecular weight excluding hydrogens is 164 g/mol. The fourth-order valence-corrected chi connectivity index (χ4v) is 2.74. The number of carbonyl (C=O) groups is 1. The summed E-state index contributed by atoms with van der Waals surface area (Å²) in [6.45, 7) is 5.23. The molecule has 2 nitrogen and oxygen atoms in total. The predicted molar refractivity (Wildman–Crippen MR) is 52.6 cm³/mol. The van der Waals surface area contributed by atoms with E-state index in [1.165, 1.54) is 0 Å². The molecule has 0 saturated heterocycles. The van der Waals surface area contributed by atoms with Crippen molar-refractivity contribution in [2.45, 2.75) is 39.5 Å². The van der Waals surface area contributed by atoms with Crippen LogP contribution in [-0.2, 0) is 9.53 Å². The molecule has 0 radical (unpaired) electrons. The largest absolute Gasteiger partial charge is 0.385 e. The molecule has 76 valence electrons. The molecule has 0 unspecified atom stereocenters. The molecule has 2 heteroatoms. The number of carbonyl (C=O) groups excluding carboxylic acids is 1. The summed E-state index contributed by atoms with van der Waals surface area (Å²) >= 11 is 0. The number of aldehydes is 1. The van der Waals surface area contributed by atoms with Crippen molar-refractivity contribution in [3.05, 3.63) is 0 Å². The van der Waals surface area contributed by atoms with Crippen molar-refractivity contribution in [1.29, 1.82) is 0 Å². The highest BCUT2D eigenvalue weighted by atomic mass is 16.5. The van der Waals surface area contributed by atoms with Crippen molar-refractivity contribution in [3.8, 4) is 0 Å². The zero-order valence-electron chi connectivity index (χ0n) is 8.93. The minimum absolute atomic E-state index is 0.0119. The minimum atomic E-state index is -0.0119. The van der Waals surface area contributed by atoms with E-state index >= 15 is 0 Å². The Morgan fingerprint density at radius 3 is 2.38 bits per heavy atom. The van der Waals surface area contributed by atoms with E-state index in [-0.39, 0.29) is 5.41 Å². The molecule has 1 rings (SSSR count). The van der Waals surface area contributed by atoms with Gasteiger partial charge in [-0.2, -0.15) is 0 Å². The van der Waals surface area contributed by atoms with Gasteiger partial charge < -0.3 is 9.53 Å². The van der Waals surface area contributed by atoms with E-state index < -0.39 is 0 Å². The lowest BCUT2D eigenvalue weighted by Crippen LogP contribution is -2.44.